The SMILES string of the molecule is CC1(C)Cc2c(cnn2-c2ccc(F)cc2)[C@@H](NC(=O)c2ccoc2)C1. The van der Waals surface area contributed by atoms with Gasteiger partial charge in [-0.25, -0.2) is 9.07 Å². The molecule has 26 heavy (non-hydrogen) atoms. The third-order valence-corrected chi connectivity index (χ3v) is 4.84. The van der Waals surface area contributed by atoms with E-state index in [0.29, 0.717) is 5.56 Å². The van der Waals surface area contributed by atoms with Gasteiger partial charge in [-0.1, -0.05) is 13.8 Å². The number of benzene rings is 1. The number of carbonyl (C=O) groups excluding carboxylic acids is 1. The molecule has 2 heterocycles. The Morgan fingerprint density at radius 2 is 2.08 bits per heavy atom. The Morgan fingerprint density at radius 1 is 1.31 bits per heavy atom. The lowest BCUT2D eigenvalue weighted by atomic mass is 9.74. The van der Waals surface area contributed by atoms with Gasteiger partial charge in [0.1, 0.15) is 12.1 Å². The van der Waals surface area contributed by atoms with Crippen LogP contribution in [0.3, 0.4) is 0 Å². The molecule has 3 aromatic rings. The Bertz CT molecular complexity index is 927. The van der Waals surface area contributed by atoms with E-state index in [0.717, 1.165) is 29.8 Å². The number of carbonyl (C=O) groups is 1. The minimum absolute atomic E-state index is 0.000837. The average molecular weight is 353 g/mol. The molecule has 1 aliphatic rings. The predicted molar refractivity (Wildman–Crippen MR) is 94.5 cm³/mol. The number of hydrogen-bond acceptors (Lipinski definition) is 3. The molecular weight excluding hydrogens is 333 g/mol. The van der Waals surface area contributed by atoms with Crippen LogP contribution in [0, 0.1) is 11.2 Å². The maximum atomic E-state index is 13.2. The topological polar surface area (TPSA) is 60.1 Å². The summed E-state index contributed by atoms with van der Waals surface area (Å²) in [6.45, 7) is 4.35. The van der Waals surface area contributed by atoms with Crippen molar-refractivity contribution in [2.45, 2.75) is 32.7 Å². The lowest BCUT2D eigenvalue weighted by Gasteiger charge is -2.35. The number of fused-ring (bicyclic) bond motifs is 1. The largest absolute Gasteiger partial charge is 0.472 e. The Balaban J connectivity index is 1.69. The molecule has 1 atom stereocenters. The van der Waals surface area contributed by atoms with E-state index in [1.54, 1.807) is 24.4 Å². The highest BCUT2D eigenvalue weighted by molar-refractivity contribution is 5.94. The molecule has 5 nitrogen and oxygen atoms in total. The van der Waals surface area contributed by atoms with Gasteiger partial charge in [-0.05, 0) is 48.6 Å². The van der Waals surface area contributed by atoms with E-state index >= 15 is 0 Å². The third kappa shape index (κ3) is 3.03. The van der Waals surface area contributed by atoms with Gasteiger partial charge in [-0.2, -0.15) is 5.10 Å². The van der Waals surface area contributed by atoms with Crippen molar-refractivity contribution in [2.24, 2.45) is 5.41 Å². The summed E-state index contributed by atoms with van der Waals surface area (Å²) in [6.07, 6.45) is 6.37. The van der Waals surface area contributed by atoms with Crippen LogP contribution in [0.15, 0.2) is 53.5 Å². The first-order valence-corrected chi connectivity index (χ1v) is 8.59. The molecule has 1 amide bonds. The van der Waals surface area contributed by atoms with Crippen LogP contribution in [0.5, 0.6) is 0 Å². The van der Waals surface area contributed by atoms with E-state index < -0.39 is 0 Å². The van der Waals surface area contributed by atoms with Crippen LogP contribution in [0.4, 0.5) is 4.39 Å². The molecule has 0 saturated carbocycles. The van der Waals surface area contributed by atoms with Crippen LogP contribution in [-0.2, 0) is 6.42 Å². The van der Waals surface area contributed by atoms with Gasteiger partial charge in [0, 0.05) is 5.56 Å². The molecule has 0 radical (unpaired) electrons. The number of halogens is 1. The van der Waals surface area contributed by atoms with Gasteiger partial charge < -0.3 is 9.73 Å². The highest BCUT2D eigenvalue weighted by Crippen LogP contribution is 2.41. The Hall–Kier alpha value is -2.89. The highest BCUT2D eigenvalue weighted by Gasteiger charge is 2.36. The second-order valence-corrected chi connectivity index (χ2v) is 7.52. The molecule has 0 fully saturated rings. The predicted octanol–water partition coefficient (Wildman–Crippen LogP) is 4.05. The zero-order valence-electron chi connectivity index (χ0n) is 14.7. The fourth-order valence-electron chi connectivity index (χ4n) is 3.61. The van der Waals surface area contributed by atoms with Crippen molar-refractivity contribution in [1.29, 1.82) is 0 Å². The molecule has 1 N–H and O–H groups in total. The number of furan rings is 1. The monoisotopic (exact) mass is 353 g/mol. The van der Waals surface area contributed by atoms with E-state index in [9.17, 15) is 9.18 Å². The van der Waals surface area contributed by atoms with E-state index in [1.807, 2.05) is 4.68 Å². The van der Waals surface area contributed by atoms with Crippen molar-refractivity contribution in [1.82, 2.24) is 15.1 Å². The number of amides is 1. The van der Waals surface area contributed by atoms with Gasteiger partial charge in [0.2, 0.25) is 0 Å². The molecule has 0 unspecified atom stereocenters. The van der Waals surface area contributed by atoms with E-state index in [4.69, 9.17) is 4.42 Å². The van der Waals surface area contributed by atoms with Crippen molar-refractivity contribution >= 4 is 5.91 Å². The number of hydrogen-bond donors (Lipinski definition) is 1. The van der Waals surface area contributed by atoms with Crippen molar-refractivity contribution in [3.8, 4) is 5.69 Å². The van der Waals surface area contributed by atoms with E-state index in [2.05, 4.69) is 24.3 Å². The normalized spacial score (nSPS) is 18.3. The second kappa shape index (κ2) is 6.12. The molecule has 0 spiro atoms. The first-order chi connectivity index (χ1) is 12.4. The molecule has 0 aliphatic heterocycles. The molecular formula is C20H20FN3O2. The van der Waals surface area contributed by atoms with Gasteiger partial charge in [0.05, 0.1) is 35.4 Å². The average Bonchev–Trinajstić information content (AvgIpc) is 3.24. The van der Waals surface area contributed by atoms with Gasteiger partial charge in [-0.3, -0.25) is 4.79 Å². The third-order valence-electron chi connectivity index (χ3n) is 4.84. The maximum Gasteiger partial charge on any atom is 0.255 e. The zero-order valence-corrected chi connectivity index (χ0v) is 14.7. The lowest BCUT2D eigenvalue weighted by molar-refractivity contribution is 0.0918. The smallest absolute Gasteiger partial charge is 0.255 e. The van der Waals surface area contributed by atoms with Crippen molar-refractivity contribution in [3.63, 3.8) is 0 Å². The van der Waals surface area contributed by atoms with Gasteiger partial charge in [0.15, 0.2) is 0 Å². The Kier molecular flexibility index (Phi) is 3.90. The molecule has 2 aromatic heterocycles. The quantitative estimate of drug-likeness (QED) is 0.773. The summed E-state index contributed by atoms with van der Waals surface area (Å²) in [5.41, 5.74) is 3.36. The number of rotatable bonds is 3. The lowest BCUT2D eigenvalue weighted by Crippen LogP contribution is -2.36. The Morgan fingerprint density at radius 3 is 2.77 bits per heavy atom. The molecule has 134 valence electrons. The molecule has 4 rings (SSSR count). The summed E-state index contributed by atoms with van der Waals surface area (Å²) in [5, 5.41) is 7.60. The Labute approximate surface area is 150 Å². The fourth-order valence-corrected chi connectivity index (χ4v) is 3.61. The standard InChI is InChI=1S/C20H20FN3O2/c1-20(2)9-17(23-19(25)13-7-8-26-12-13)16-11-22-24(18(16)10-20)15-5-3-14(21)4-6-15/h3-8,11-12,17H,9-10H2,1-2H3,(H,23,25)/t17-/m0/s1. The van der Waals surface area contributed by atoms with Crippen LogP contribution in [-0.4, -0.2) is 15.7 Å². The highest BCUT2D eigenvalue weighted by atomic mass is 19.1. The van der Waals surface area contributed by atoms with Crippen molar-refractivity contribution in [3.05, 3.63) is 71.7 Å². The summed E-state index contributed by atoms with van der Waals surface area (Å²) >= 11 is 0. The number of aromatic nitrogens is 2. The summed E-state index contributed by atoms with van der Waals surface area (Å²) in [7, 11) is 0. The first kappa shape index (κ1) is 16.6. The molecule has 0 bridgehead atoms. The molecule has 1 aromatic carbocycles. The number of nitrogens with zero attached hydrogens (tertiary/aromatic N) is 2. The second-order valence-electron chi connectivity index (χ2n) is 7.52. The molecule has 0 saturated heterocycles. The van der Waals surface area contributed by atoms with E-state index in [-0.39, 0.29) is 23.2 Å². The van der Waals surface area contributed by atoms with Gasteiger partial charge >= 0.3 is 0 Å². The van der Waals surface area contributed by atoms with Crippen LogP contribution in [0.2, 0.25) is 0 Å². The van der Waals surface area contributed by atoms with Crippen molar-refractivity contribution < 1.29 is 13.6 Å². The maximum absolute atomic E-state index is 13.2. The van der Waals surface area contributed by atoms with Crippen LogP contribution in [0.25, 0.3) is 5.69 Å². The first-order valence-electron chi connectivity index (χ1n) is 8.59. The van der Waals surface area contributed by atoms with E-state index in [1.165, 1.54) is 24.7 Å². The summed E-state index contributed by atoms with van der Waals surface area (Å²) in [4.78, 5) is 12.5. The van der Waals surface area contributed by atoms with Crippen molar-refractivity contribution in [2.75, 3.05) is 0 Å². The van der Waals surface area contributed by atoms with Gasteiger partial charge in [0.25, 0.3) is 5.91 Å². The zero-order chi connectivity index (χ0) is 18.3. The minimum Gasteiger partial charge on any atom is -0.472 e. The molecule has 1 aliphatic carbocycles. The van der Waals surface area contributed by atoms with Gasteiger partial charge in [-0.15, -0.1) is 0 Å². The van der Waals surface area contributed by atoms with Crippen LogP contribution >= 0.6 is 0 Å². The summed E-state index contributed by atoms with van der Waals surface area (Å²) in [6, 6.07) is 7.79. The molecule has 6 heteroatoms. The summed E-state index contributed by atoms with van der Waals surface area (Å²) < 4.78 is 20.1. The minimum atomic E-state index is -0.277. The fraction of sp³-hybridized carbons (Fsp3) is 0.300. The number of nitrogens with one attached hydrogen (secondary N) is 1. The van der Waals surface area contributed by atoms with Crippen LogP contribution < -0.4 is 5.32 Å². The summed E-state index contributed by atoms with van der Waals surface area (Å²) in [5.74, 6) is -0.442. The van der Waals surface area contributed by atoms with Crippen LogP contribution in [0.1, 0.15) is 47.9 Å².